The fraction of sp³-hybridized carbons (Fsp3) is 0.190. The van der Waals surface area contributed by atoms with Crippen LogP contribution in [0.5, 0.6) is 5.75 Å². The number of methoxy groups -OCH3 is 1. The zero-order valence-corrected chi connectivity index (χ0v) is 15.0. The summed E-state index contributed by atoms with van der Waals surface area (Å²) in [6, 6.07) is 15.0. The number of ether oxygens (including phenoxy) is 1. The molecule has 2 N–H and O–H groups in total. The van der Waals surface area contributed by atoms with Gasteiger partial charge in [-0.2, -0.15) is 5.10 Å². The minimum atomic E-state index is -0.205. The molecule has 0 spiro atoms. The van der Waals surface area contributed by atoms with Crippen LogP contribution in [0.3, 0.4) is 0 Å². The van der Waals surface area contributed by atoms with Crippen LogP contribution in [-0.4, -0.2) is 28.2 Å². The molecule has 0 bridgehead atoms. The lowest BCUT2D eigenvalue weighted by atomic mass is 10.2. The highest BCUT2D eigenvalue weighted by Gasteiger charge is 2.27. The Morgan fingerprint density at radius 2 is 2.07 bits per heavy atom. The third-order valence-electron chi connectivity index (χ3n) is 4.38. The van der Waals surface area contributed by atoms with Crippen molar-refractivity contribution in [2.75, 3.05) is 12.4 Å². The number of nitrogens with zero attached hydrogens (tertiary/aromatic N) is 2. The van der Waals surface area contributed by atoms with Crippen LogP contribution < -0.4 is 10.1 Å². The summed E-state index contributed by atoms with van der Waals surface area (Å²) in [4.78, 5) is 16.8. The smallest absolute Gasteiger partial charge is 0.248 e. The molecule has 6 nitrogen and oxygen atoms in total. The van der Waals surface area contributed by atoms with Crippen molar-refractivity contribution in [3.05, 3.63) is 66.0 Å². The summed E-state index contributed by atoms with van der Waals surface area (Å²) in [6.07, 6.45) is 5.59. The summed E-state index contributed by atoms with van der Waals surface area (Å²) in [5.74, 6) is 2.67. The number of amides is 1. The normalized spacial score (nSPS) is 13.7. The average Bonchev–Trinajstić information content (AvgIpc) is 3.43. The molecule has 1 amide bonds. The highest BCUT2D eigenvalue weighted by molar-refractivity contribution is 6.02. The van der Waals surface area contributed by atoms with E-state index in [0.29, 0.717) is 17.4 Å². The first-order chi connectivity index (χ1) is 13.2. The molecule has 6 heteroatoms. The first kappa shape index (κ1) is 17.0. The van der Waals surface area contributed by atoms with Gasteiger partial charge in [0.1, 0.15) is 11.6 Å². The predicted molar refractivity (Wildman–Crippen MR) is 104 cm³/mol. The van der Waals surface area contributed by atoms with Crippen molar-refractivity contribution >= 4 is 17.7 Å². The van der Waals surface area contributed by atoms with Crippen molar-refractivity contribution in [1.82, 2.24) is 15.2 Å². The van der Waals surface area contributed by atoms with Crippen LogP contribution in [0.25, 0.3) is 17.5 Å². The van der Waals surface area contributed by atoms with E-state index in [-0.39, 0.29) is 5.91 Å². The van der Waals surface area contributed by atoms with Gasteiger partial charge in [0.15, 0.2) is 5.82 Å². The van der Waals surface area contributed by atoms with E-state index in [4.69, 9.17) is 4.74 Å². The maximum atomic E-state index is 12.2. The van der Waals surface area contributed by atoms with Crippen LogP contribution in [0, 0.1) is 0 Å². The molecule has 1 aliphatic carbocycles. The van der Waals surface area contributed by atoms with Crippen molar-refractivity contribution in [3.8, 4) is 17.1 Å². The zero-order valence-electron chi connectivity index (χ0n) is 15.0. The molecule has 27 heavy (non-hydrogen) atoms. The van der Waals surface area contributed by atoms with Crippen LogP contribution in [-0.2, 0) is 4.79 Å². The van der Waals surface area contributed by atoms with Crippen molar-refractivity contribution < 1.29 is 9.53 Å². The number of anilines is 1. The van der Waals surface area contributed by atoms with Gasteiger partial charge in [-0.3, -0.25) is 9.89 Å². The molecule has 0 saturated heterocycles. The maximum absolute atomic E-state index is 12.2. The van der Waals surface area contributed by atoms with Gasteiger partial charge in [-0.1, -0.05) is 24.3 Å². The molecule has 1 heterocycles. The molecular weight excluding hydrogens is 340 g/mol. The number of hydrogen-bond donors (Lipinski definition) is 2. The Morgan fingerprint density at radius 1 is 1.22 bits per heavy atom. The molecule has 1 saturated carbocycles. The van der Waals surface area contributed by atoms with E-state index in [1.807, 2.05) is 48.5 Å². The van der Waals surface area contributed by atoms with Crippen LogP contribution >= 0.6 is 0 Å². The lowest BCUT2D eigenvalue weighted by Gasteiger charge is -2.04. The van der Waals surface area contributed by atoms with Crippen molar-refractivity contribution in [2.45, 2.75) is 18.8 Å². The summed E-state index contributed by atoms with van der Waals surface area (Å²) >= 11 is 0. The van der Waals surface area contributed by atoms with Crippen LogP contribution in [0.4, 0.5) is 5.69 Å². The fourth-order valence-electron chi connectivity index (χ4n) is 2.78. The summed E-state index contributed by atoms with van der Waals surface area (Å²) in [7, 11) is 1.62. The van der Waals surface area contributed by atoms with Gasteiger partial charge < -0.3 is 10.1 Å². The minimum absolute atomic E-state index is 0.205. The predicted octanol–water partition coefficient (Wildman–Crippen LogP) is 4.01. The minimum Gasteiger partial charge on any atom is -0.497 e. The Balaban J connectivity index is 1.44. The van der Waals surface area contributed by atoms with Crippen molar-refractivity contribution in [1.29, 1.82) is 0 Å². The van der Waals surface area contributed by atoms with Gasteiger partial charge in [0.2, 0.25) is 5.91 Å². The molecule has 4 rings (SSSR count). The number of carbonyl (C=O) groups is 1. The quantitative estimate of drug-likeness (QED) is 0.651. The molecule has 1 fully saturated rings. The van der Waals surface area contributed by atoms with Crippen LogP contribution in [0.1, 0.15) is 30.1 Å². The third kappa shape index (κ3) is 4.23. The Bertz CT molecular complexity index is 989. The molecule has 0 aliphatic heterocycles. The molecule has 2 aromatic carbocycles. The number of H-pyrrole nitrogens is 1. The lowest BCUT2D eigenvalue weighted by Crippen LogP contribution is -2.07. The molecule has 1 aliphatic rings. The van der Waals surface area contributed by atoms with E-state index in [9.17, 15) is 4.79 Å². The van der Waals surface area contributed by atoms with E-state index in [0.717, 1.165) is 22.7 Å². The first-order valence-corrected chi connectivity index (χ1v) is 8.87. The molecule has 0 radical (unpaired) electrons. The van der Waals surface area contributed by atoms with Gasteiger partial charge in [-0.05, 0) is 48.7 Å². The largest absolute Gasteiger partial charge is 0.497 e. The van der Waals surface area contributed by atoms with E-state index in [1.54, 1.807) is 13.2 Å². The van der Waals surface area contributed by atoms with Gasteiger partial charge in [0.25, 0.3) is 0 Å². The number of aromatic amines is 1. The van der Waals surface area contributed by atoms with Gasteiger partial charge in [-0.15, -0.1) is 0 Å². The summed E-state index contributed by atoms with van der Waals surface area (Å²) in [5, 5.41) is 10.2. The number of carbonyl (C=O) groups excluding carboxylic acids is 1. The first-order valence-electron chi connectivity index (χ1n) is 8.87. The Hall–Kier alpha value is -3.41. The van der Waals surface area contributed by atoms with Gasteiger partial charge >= 0.3 is 0 Å². The second-order valence-corrected chi connectivity index (χ2v) is 6.50. The van der Waals surface area contributed by atoms with E-state index >= 15 is 0 Å². The second kappa shape index (κ2) is 7.45. The van der Waals surface area contributed by atoms with Crippen molar-refractivity contribution in [2.24, 2.45) is 0 Å². The molecular formula is C21H20N4O2. The topological polar surface area (TPSA) is 79.9 Å². The van der Waals surface area contributed by atoms with E-state index in [2.05, 4.69) is 20.5 Å². The summed E-state index contributed by atoms with van der Waals surface area (Å²) in [5.41, 5.74) is 2.46. The molecule has 1 aromatic heterocycles. The number of benzene rings is 2. The van der Waals surface area contributed by atoms with Gasteiger partial charge in [-0.25, -0.2) is 4.98 Å². The van der Waals surface area contributed by atoms with E-state index in [1.165, 1.54) is 18.9 Å². The zero-order chi connectivity index (χ0) is 18.6. The lowest BCUT2D eigenvalue weighted by molar-refractivity contribution is -0.111. The summed E-state index contributed by atoms with van der Waals surface area (Å²) < 4.78 is 5.18. The molecule has 0 atom stereocenters. The Labute approximate surface area is 157 Å². The SMILES string of the molecule is COc1cccc(/C=C/C(=O)Nc2cccc(-c3n[nH]c(C4CC4)n3)c2)c1. The highest BCUT2D eigenvalue weighted by Crippen LogP contribution is 2.38. The molecule has 3 aromatic rings. The monoisotopic (exact) mass is 360 g/mol. The van der Waals surface area contributed by atoms with Crippen LogP contribution in [0.15, 0.2) is 54.6 Å². The molecule has 136 valence electrons. The van der Waals surface area contributed by atoms with E-state index < -0.39 is 0 Å². The second-order valence-electron chi connectivity index (χ2n) is 6.50. The highest BCUT2D eigenvalue weighted by atomic mass is 16.5. The Morgan fingerprint density at radius 3 is 2.89 bits per heavy atom. The third-order valence-corrected chi connectivity index (χ3v) is 4.38. The number of aromatic nitrogens is 3. The Kier molecular flexibility index (Phi) is 4.70. The number of rotatable bonds is 6. The standard InChI is InChI=1S/C21H20N4O2/c1-27-18-7-2-4-14(12-18)8-11-19(26)22-17-6-3-5-16(13-17)21-23-20(24-25-21)15-9-10-15/h2-8,11-13,15H,9-10H2,1H3,(H,22,26)(H,23,24,25)/b11-8+. The number of nitrogens with one attached hydrogen (secondary N) is 2. The molecule has 0 unspecified atom stereocenters. The van der Waals surface area contributed by atoms with Crippen molar-refractivity contribution in [3.63, 3.8) is 0 Å². The summed E-state index contributed by atoms with van der Waals surface area (Å²) in [6.45, 7) is 0. The van der Waals surface area contributed by atoms with Gasteiger partial charge in [0, 0.05) is 23.2 Å². The maximum Gasteiger partial charge on any atom is 0.248 e. The average molecular weight is 360 g/mol. The number of hydrogen-bond acceptors (Lipinski definition) is 4. The van der Waals surface area contributed by atoms with Crippen LogP contribution in [0.2, 0.25) is 0 Å². The van der Waals surface area contributed by atoms with Gasteiger partial charge in [0.05, 0.1) is 7.11 Å². The fourth-order valence-corrected chi connectivity index (χ4v) is 2.78.